The smallest absolute Gasteiger partial charge is 0.321 e. The van der Waals surface area contributed by atoms with Crippen molar-refractivity contribution in [3.05, 3.63) is 23.2 Å². The summed E-state index contributed by atoms with van der Waals surface area (Å²) in [5, 5.41) is 12.9. The standard InChI is InChI=1S/C14H21ClN2O2S/c1-9(2)20-13-6-5-11(15)7-12(13)16-14(19)17(4)10(3)8-18/h5-7,9-10,18H,8H2,1-4H3,(H,16,19). The highest BCUT2D eigenvalue weighted by atomic mass is 35.5. The number of hydrogen-bond donors (Lipinski definition) is 2. The number of thioether (sulfide) groups is 1. The van der Waals surface area contributed by atoms with Crippen molar-refractivity contribution in [2.75, 3.05) is 19.0 Å². The van der Waals surface area contributed by atoms with Crippen molar-refractivity contribution in [1.82, 2.24) is 4.90 Å². The van der Waals surface area contributed by atoms with Gasteiger partial charge in [0.25, 0.3) is 0 Å². The first kappa shape index (κ1) is 17.1. The molecule has 0 fully saturated rings. The molecule has 1 aromatic carbocycles. The van der Waals surface area contributed by atoms with Gasteiger partial charge in [0.15, 0.2) is 0 Å². The van der Waals surface area contributed by atoms with Gasteiger partial charge in [0, 0.05) is 22.2 Å². The number of benzene rings is 1. The van der Waals surface area contributed by atoms with Gasteiger partial charge >= 0.3 is 6.03 Å². The Balaban J connectivity index is 2.90. The summed E-state index contributed by atoms with van der Waals surface area (Å²) in [6.45, 7) is 5.88. The second kappa shape index (κ2) is 7.76. The molecule has 20 heavy (non-hydrogen) atoms. The molecule has 6 heteroatoms. The van der Waals surface area contributed by atoms with Crippen molar-refractivity contribution in [1.29, 1.82) is 0 Å². The fourth-order valence-corrected chi connectivity index (χ4v) is 2.55. The predicted octanol–water partition coefficient (Wildman–Crippen LogP) is 3.69. The van der Waals surface area contributed by atoms with Crippen LogP contribution < -0.4 is 5.32 Å². The zero-order valence-electron chi connectivity index (χ0n) is 12.2. The largest absolute Gasteiger partial charge is 0.394 e. The zero-order valence-corrected chi connectivity index (χ0v) is 13.8. The van der Waals surface area contributed by atoms with Gasteiger partial charge in [0.1, 0.15) is 0 Å². The summed E-state index contributed by atoms with van der Waals surface area (Å²) in [5.74, 6) is 0. The third kappa shape index (κ3) is 4.89. The molecule has 0 heterocycles. The lowest BCUT2D eigenvalue weighted by Crippen LogP contribution is -2.40. The molecule has 0 saturated heterocycles. The lowest BCUT2D eigenvalue weighted by atomic mass is 10.3. The van der Waals surface area contributed by atoms with Gasteiger partial charge in [-0.3, -0.25) is 0 Å². The second-order valence-corrected chi connectivity index (χ2v) is 6.93. The van der Waals surface area contributed by atoms with E-state index in [0.717, 1.165) is 4.90 Å². The number of aliphatic hydroxyl groups is 1. The third-order valence-electron chi connectivity index (χ3n) is 2.79. The molecule has 1 rings (SSSR count). The quantitative estimate of drug-likeness (QED) is 0.815. The van der Waals surface area contributed by atoms with Crippen LogP contribution in [0.1, 0.15) is 20.8 Å². The summed E-state index contributed by atoms with van der Waals surface area (Å²) >= 11 is 7.65. The van der Waals surface area contributed by atoms with Gasteiger partial charge in [-0.15, -0.1) is 11.8 Å². The molecule has 0 spiro atoms. The van der Waals surface area contributed by atoms with Gasteiger partial charge in [-0.2, -0.15) is 0 Å². The minimum Gasteiger partial charge on any atom is -0.394 e. The van der Waals surface area contributed by atoms with Crippen molar-refractivity contribution in [3.8, 4) is 0 Å². The molecule has 0 aliphatic carbocycles. The van der Waals surface area contributed by atoms with Gasteiger partial charge in [0.2, 0.25) is 0 Å². The molecular weight excluding hydrogens is 296 g/mol. The van der Waals surface area contributed by atoms with Crippen LogP contribution in [0.15, 0.2) is 23.1 Å². The fraction of sp³-hybridized carbons (Fsp3) is 0.500. The van der Waals surface area contributed by atoms with Crippen LogP contribution in [0.3, 0.4) is 0 Å². The SMILES string of the molecule is CC(C)Sc1ccc(Cl)cc1NC(=O)N(C)C(C)CO. The fourth-order valence-electron chi connectivity index (χ4n) is 1.48. The molecule has 0 bridgehead atoms. The van der Waals surface area contributed by atoms with Gasteiger partial charge in [-0.1, -0.05) is 25.4 Å². The minimum absolute atomic E-state index is 0.0763. The summed E-state index contributed by atoms with van der Waals surface area (Å²) in [6, 6.07) is 4.94. The summed E-state index contributed by atoms with van der Waals surface area (Å²) in [4.78, 5) is 14.6. The maximum absolute atomic E-state index is 12.1. The van der Waals surface area contributed by atoms with Crippen molar-refractivity contribution >= 4 is 35.1 Å². The molecular formula is C14H21ClN2O2S. The van der Waals surface area contributed by atoms with Gasteiger partial charge in [0.05, 0.1) is 18.3 Å². The van der Waals surface area contributed by atoms with E-state index in [1.807, 2.05) is 12.1 Å². The maximum atomic E-state index is 12.1. The van der Waals surface area contributed by atoms with Crippen LogP contribution in [0.2, 0.25) is 5.02 Å². The minimum atomic E-state index is -0.264. The average Bonchev–Trinajstić information content (AvgIpc) is 2.39. The Kier molecular flexibility index (Phi) is 6.65. The topological polar surface area (TPSA) is 52.6 Å². The Morgan fingerprint density at radius 1 is 1.45 bits per heavy atom. The number of rotatable bonds is 5. The number of nitrogens with zero attached hydrogens (tertiary/aromatic N) is 1. The molecule has 0 radical (unpaired) electrons. The number of aliphatic hydroxyl groups excluding tert-OH is 1. The van der Waals surface area contributed by atoms with E-state index >= 15 is 0 Å². The van der Waals surface area contributed by atoms with Crippen LogP contribution >= 0.6 is 23.4 Å². The van der Waals surface area contributed by atoms with Crippen LogP contribution in [-0.2, 0) is 0 Å². The third-order valence-corrected chi connectivity index (χ3v) is 4.11. The Morgan fingerprint density at radius 2 is 2.10 bits per heavy atom. The number of urea groups is 1. The molecule has 4 nitrogen and oxygen atoms in total. The van der Waals surface area contributed by atoms with E-state index in [1.165, 1.54) is 4.90 Å². The van der Waals surface area contributed by atoms with E-state index in [0.29, 0.717) is 16.0 Å². The summed E-state index contributed by atoms with van der Waals surface area (Å²) in [5.41, 5.74) is 0.693. The number of likely N-dealkylation sites (N-methyl/N-ethyl adjacent to an activating group) is 1. The Bertz CT molecular complexity index is 468. The predicted molar refractivity (Wildman–Crippen MR) is 85.8 cm³/mol. The van der Waals surface area contributed by atoms with E-state index in [2.05, 4.69) is 19.2 Å². The molecule has 0 saturated carbocycles. The maximum Gasteiger partial charge on any atom is 0.321 e. The lowest BCUT2D eigenvalue weighted by Gasteiger charge is -2.24. The highest BCUT2D eigenvalue weighted by Crippen LogP contribution is 2.32. The molecule has 0 aliphatic rings. The van der Waals surface area contributed by atoms with Crippen LogP contribution in [0.25, 0.3) is 0 Å². The highest BCUT2D eigenvalue weighted by molar-refractivity contribution is 8.00. The first-order chi connectivity index (χ1) is 9.35. The number of halogens is 1. The second-order valence-electron chi connectivity index (χ2n) is 4.88. The molecule has 1 aromatic rings. The van der Waals surface area contributed by atoms with Crippen LogP contribution in [-0.4, -0.2) is 41.0 Å². The van der Waals surface area contributed by atoms with E-state index < -0.39 is 0 Å². The molecule has 2 N–H and O–H groups in total. The lowest BCUT2D eigenvalue weighted by molar-refractivity contribution is 0.166. The Labute approximate surface area is 129 Å². The number of carbonyl (C=O) groups excluding carboxylic acids is 1. The summed E-state index contributed by atoms with van der Waals surface area (Å²) < 4.78 is 0. The number of nitrogens with one attached hydrogen (secondary N) is 1. The van der Waals surface area contributed by atoms with E-state index in [-0.39, 0.29) is 18.7 Å². The number of amides is 2. The van der Waals surface area contributed by atoms with Crippen molar-refractivity contribution in [2.24, 2.45) is 0 Å². The van der Waals surface area contributed by atoms with Gasteiger partial charge in [-0.05, 0) is 25.1 Å². The zero-order chi connectivity index (χ0) is 15.3. The van der Waals surface area contributed by atoms with E-state index in [9.17, 15) is 4.79 Å². The van der Waals surface area contributed by atoms with E-state index in [1.54, 1.807) is 31.8 Å². The number of anilines is 1. The molecule has 0 aliphatic heterocycles. The van der Waals surface area contributed by atoms with Crippen LogP contribution in [0, 0.1) is 0 Å². The first-order valence-corrected chi connectivity index (χ1v) is 7.71. The number of carbonyl (C=O) groups is 1. The Hall–Kier alpha value is -0.910. The van der Waals surface area contributed by atoms with Crippen LogP contribution in [0.5, 0.6) is 0 Å². The van der Waals surface area contributed by atoms with E-state index in [4.69, 9.17) is 16.7 Å². The van der Waals surface area contributed by atoms with Gasteiger partial charge < -0.3 is 15.3 Å². The monoisotopic (exact) mass is 316 g/mol. The van der Waals surface area contributed by atoms with Crippen molar-refractivity contribution < 1.29 is 9.90 Å². The molecule has 112 valence electrons. The van der Waals surface area contributed by atoms with Crippen molar-refractivity contribution in [3.63, 3.8) is 0 Å². The normalized spacial score (nSPS) is 12.3. The van der Waals surface area contributed by atoms with Crippen molar-refractivity contribution in [2.45, 2.75) is 37.0 Å². The Morgan fingerprint density at radius 3 is 2.65 bits per heavy atom. The van der Waals surface area contributed by atoms with Crippen LogP contribution in [0.4, 0.5) is 10.5 Å². The molecule has 1 unspecified atom stereocenters. The van der Waals surface area contributed by atoms with Gasteiger partial charge in [-0.25, -0.2) is 4.79 Å². The summed E-state index contributed by atoms with van der Waals surface area (Å²) in [7, 11) is 1.65. The molecule has 2 amide bonds. The molecule has 1 atom stereocenters. The summed E-state index contributed by atoms with van der Waals surface area (Å²) in [6.07, 6.45) is 0. The molecule has 0 aromatic heterocycles. The first-order valence-electron chi connectivity index (χ1n) is 6.46. The average molecular weight is 317 g/mol. The highest BCUT2D eigenvalue weighted by Gasteiger charge is 2.16. The number of hydrogen-bond acceptors (Lipinski definition) is 3.